The average Bonchev–Trinajstić information content (AvgIpc) is 3.56. The van der Waals surface area contributed by atoms with Crippen LogP contribution in [-0.4, -0.2) is 72.7 Å². The van der Waals surface area contributed by atoms with E-state index in [1.165, 1.54) is 43.3 Å². The molecule has 2 N–H and O–H groups in total. The van der Waals surface area contributed by atoms with E-state index in [-0.39, 0.29) is 12.0 Å². The normalized spacial score (nSPS) is 22.8. The number of alkyl halides is 3. The number of carbonyl (C=O) groups excluding carboxylic acids is 3. The van der Waals surface area contributed by atoms with Crippen molar-refractivity contribution in [1.29, 1.82) is 0 Å². The van der Waals surface area contributed by atoms with E-state index in [1.54, 1.807) is 0 Å². The number of halogens is 3. The maximum Gasteiger partial charge on any atom is 0.430 e. The highest BCUT2D eigenvalue weighted by atomic mass is 19.4. The predicted octanol–water partition coefficient (Wildman–Crippen LogP) is 3.58. The van der Waals surface area contributed by atoms with Crippen LogP contribution in [0.25, 0.3) is 0 Å². The molecule has 2 aromatic rings. The Bertz CT molecular complexity index is 1240. The van der Waals surface area contributed by atoms with Gasteiger partial charge in [-0.2, -0.15) is 13.2 Å². The molecule has 3 aliphatic heterocycles. The quantitative estimate of drug-likeness (QED) is 0.252. The number of nitrogens with zero attached hydrogens (tertiary/aromatic N) is 1. The highest BCUT2D eigenvalue weighted by Crippen LogP contribution is 2.47. The summed E-state index contributed by atoms with van der Waals surface area (Å²) in [5.74, 6) is -4.12. The summed E-state index contributed by atoms with van der Waals surface area (Å²) in [5.41, 5.74) is 5.65. The van der Waals surface area contributed by atoms with Gasteiger partial charge < -0.3 is 34.3 Å². The first kappa shape index (κ1) is 34.4. The Labute approximate surface area is 261 Å². The van der Waals surface area contributed by atoms with Crippen LogP contribution in [0.3, 0.4) is 0 Å². The fourth-order valence-electron chi connectivity index (χ4n) is 7.06. The lowest BCUT2D eigenvalue weighted by Crippen LogP contribution is -2.60. The van der Waals surface area contributed by atoms with Gasteiger partial charge in [-0.25, -0.2) is 4.79 Å². The molecule has 0 radical (unpaired) electrons. The van der Waals surface area contributed by atoms with Crippen LogP contribution < -0.4 is 10.8 Å². The minimum absolute atomic E-state index is 0.0799. The molecule has 3 atom stereocenters. The number of ether oxygens (including phenoxy) is 3. The number of aliphatic carboxylic acids is 1. The number of quaternary nitrogens is 1. The highest BCUT2D eigenvalue weighted by Gasteiger charge is 2.57. The number of carbonyl (C=O) groups is 3. The van der Waals surface area contributed by atoms with E-state index in [4.69, 9.17) is 29.8 Å². The molecule has 0 aromatic heterocycles. The van der Waals surface area contributed by atoms with Crippen molar-refractivity contribution in [2.75, 3.05) is 19.9 Å². The smallest absolute Gasteiger partial charge is 0.430 e. The Morgan fingerprint density at radius 1 is 0.911 bits per heavy atom. The molecular formula is C33H41F3N2O7. The van der Waals surface area contributed by atoms with Gasteiger partial charge in [0.05, 0.1) is 25.2 Å². The van der Waals surface area contributed by atoms with Crippen LogP contribution >= 0.6 is 0 Å². The summed E-state index contributed by atoms with van der Waals surface area (Å²) >= 11 is 0. The van der Waals surface area contributed by atoms with Crippen LogP contribution in [0.15, 0.2) is 60.7 Å². The fourth-order valence-corrected chi connectivity index (χ4v) is 7.06. The number of benzene rings is 2. The standard InChI is InChI=1S/C31H41N2O5.C2HF3O2/c1-22(2)28(32)29(34)36-21-37-31(23-11-5-3-6-12-23,24-13-7-4-8-14-24)30(35)38-27-19-25-15-16-26(20-27)33(25)17-9-10-18-33;3-2(4,5)1(6)7/h3-8,11-14,22,25-28H,9-10,15-21,32H2,1-2H3;(H,6,7)/q+1;/p-1/t25?,26?,27?,28-;/m0./s1. The third-order valence-corrected chi connectivity index (χ3v) is 9.38. The maximum absolute atomic E-state index is 14.3. The molecular weight excluding hydrogens is 593 g/mol. The average molecular weight is 635 g/mol. The maximum atomic E-state index is 14.3. The summed E-state index contributed by atoms with van der Waals surface area (Å²) in [6.07, 6.45) is 1.45. The molecule has 3 aliphatic rings. The topological polar surface area (TPSA) is 128 Å². The monoisotopic (exact) mass is 634 g/mol. The Kier molecular flexibility index (Phi) is 10.9. The van der Waals surface area contributed by atoms with Crippen LogP contribution in [0.1, 0.15) is 63.5 Å². The number of piperidine rings is 1. The highest BCUT2D eigenvalue weighted by molar-refractivity contribution is 5.86. The van der Waals surface area contributed by atoms with Gasteiger partial charge in [0.2, 0.25) is 5.60 Å². The Morgan fingerprint density at radius 2 is 1.38 bits per heavy atom. The molecule has 0 amide bonds. The first-order valence-corrected chi connectivity index (χ1v) is 15.3. The van der Waals surface area contributed by atoms with Gasteiger partial charge in [-0.05, 0) is 17.0 Å². The van der Waals surface area contributed by atoms with Crippen LogP contribution in [0.4, 0.5) is 13.2 Å². The third kappa shape index (κ3) is 7.50. The molecule has 3 saturated heterocycles. The minimum Gasteiger partial charge on any atom is -0.542 e. The zero-order valence-corrected chi connectivity index (χ0v) is 25.5. The number of hydrogen-bond donors (Lipinski definition) is 1. The molecule has 3 fully saturated rings. The number of hydrogen-bond acceptors (Lipinski definition) is 8. The van der Waals surface area contributed by atoms with Gasteiger partial charge in [0.1, 0.15) is 18.1 Å². The second-order valence-corrected chi connectivity index (χ2v) is 12.3. The van der Waals surface area contributed by atoms with E-state index in [0.29, 0.717) is 23.2 Å². The van der Waals surface area contributed by atoms with Crippen molar-refractivity contribution >= 4 is 17.9 Å². The van der Waals surface area contributed by atoms with Gasteiger partial charge >= 0.3 is 18.1 Å². The van der Waals surface area contributed by atoms with Crippen molar-refractivity contribution < 1.29 is 51.4 Å². The molecule has 0 saturated carbocycles. The summed E-state index contributed by atoms with van der Waals surface area (Å²) in [5, 5.41) is 8.78. The van der Waals surface area contributed by atoms with Crippen molar-refractivity contribution in [3.05, 3.63) is 71.8 Å². The van der Waals surface area contributed by atoms with Gasteiger partial charge in [0.15, 0.2) is 6.79 Å². The van der Waals surface area contributed by atoms with E-state index in [9.17, 15) is 22.8 Å². The van der Waals surface area contributed by atoms with Gasteiger partial charge in [-0.15, -0.1) is 0 Å². The van der Waals surface area contributed by atoms with Gasteiger partial charge in [0, 0.05) is 38.5 Å². The van der Waals surface area contributed by atoms with E-state index in [0.717, 1.165) is 12.8 Å². The lowest BCUT2D eigenvalue weighted by atomic mass is 9.85. The van der Waals surface area contributed by atoms with Crippen molar-refractivity contribution in [2.24, 2.45) is 11.7 Å². The third-order valence-electron chi connectivity index (χ3n) is 9.38. The molecule has 2 bridgehead atoms. The summed E-state index contributed by atoms with van der Waals surface area (Å²) in [6, 6.07) is 19.0. The summed E-state index contributed by atoms with van der Waals surface area (Å²) < 4.78 is 50.8. The van der Waals surface area contributed by atoms with Crippen molar-refractivity contribution in [3.63, 3.8) is 0 Å². The minimum atomic E-state index is -5.19. The number of nitrogens with two attached hydrogens (primary N) is 1. The SMILES string of the molecule is CC(C)[C@H](N)C(=O)OCOC(C(=O)OC1CC2CCC(C1)[N+]21CCCC1)(c1ccccc1)c1ccccc1.O=C([O-])C(F)(F)F. The van der Waals surface area contributed by atoms with Crippen molar-refractivity contribution in [3.8, 4) is 0 Å². The van der Waals surface area contributed by atoms with E-state index in [2.05, 4.69) is 0 Å². The van der Waals surface area contributed by atoms with E-state index < -0.39 is 42.5 Å². The Hall–Kier alpha value is -3.48. The first-order valence-electron chi connectivity index (χ1n) is 15.3. The van der Waals surface area contributed by atoms with Gasteiger partial charge in [-0.1, -0.05) is 74.5 Å². The number of carboxylic acid groups (broad SMARTS) is 1. The lowest BCUT2D eigenvalue weighted by Gasteiger charge is -2.47. The second kappa shape index (κ2) is 14.3. The largest absolute Gasteiger partial charge is 0.542 e. The second-order valence-electron chi connectivity index (χ2n) is 12.3. The molecule has 246 valence electrons. The number of carboxylic acids is 1. The predicted molar refractivity (Wildman–Crippen MR) is 155 cm³/mol. The van der Waals surface area contributed by atoms with E-state index >= 15 is 0 Å². The van der Waals surface area contributed by atoms with Crippen LogP contribution in [0.2, 0.25) is 0 Å². The molecule has 2 unspecified atom stereocenters. The zero-order valence-electron chi connectivity index (χ0n) is 25.5. The molecule has 12 heteroatoms. The van der Waals surface area contributed by atoms with Crippen LogP contribution in [0, 0.1) is 5.92 Å². The van der Waals surface area contributed by atoms with Crippen LogP contribution in [-0.2, 0) is 34.2 Å². The molecule has 45 heavy (non-hydrogen) atoms. The van der Waals surface area contributed by atoms with Crippen molar-refractivity contribution in [1.82, 2.24) is 0 Å². The first-order chi connectivity index (χ1) is 21.3. The summed E-state index contributed by atoms with van der Waals surface area (Å²) in [7, 11) is 0. The van der Waals surface area contributed by atoms with Gasteiger partial charge in [0.25, 0.3) is 0 Å². The molecule has 0 aliphatic carbocycles. The van der Waals surface area contributed by atoms with Crippen LogP contribution in [0.5, 0.6) is 0 Å². The van der Waals surface area contributed by atoms with Gasteiger partial charge in [-0.3, -0.25) is 4.79 Å². The molecule has 5 rings (SSSR count). The number of esters is 2. The van der Waals surface area contributed by atoms with Crippen molar-refractivity contribution in [2.45, 2.75) is 88.4 Å². The molecule has 1 spiro atoms. The lowest BCUT2D eigenvalue weighted by molar-refractivity contribution is -0.956. The fraction of sp³-hybridized carbons (Fsp3) is 0.545. The zero-order chi connectivity index (χ0) is 32.8. The molecule has 2 aromatic carbocycles. The molecule has 9 nitrogen and oxygen atoms in total. The van der Waals surface area contributed by atoms with E-state index in [1.807, 2.05) is 74.5 Å². The summed E-state index contributed by atoms with van der Waals surface area (Å²) in [6.45, 7) is 5.82. The Balaban J connectivity index is 0.000000591. The summed E-state index contributed by atoms with van der Waals surface area (Å²) in [4.78, 5) is 35.6. The number of rotatable bonds is 9. The molecule has 3 heterocycles. The Morgan fingerprint density at radius 3 is 1.80 bits per heavy atom.